The second-order valence-corrected chi connectivity index (χ2v) is 5.21. The highest BCUT2D eigenvalue weighted by Gasteiger charge is 2.15. The zero-order chi connectivity index (χ0) is 13.0. The number of ether oxygens (including phenoxy) is 1. The molecular weight excluding hydrogens is 210 g/mol. The number of hydrogen-bond acceptors (Lipinski definition) is 2. The highest BCUT2D eigenvalue weighted by molar-refractivity contribution is 5.46. The van der Waals surface area contributed by atoms with Crippen molar-refractivity contribution in [1.82, 2.24) is 0 Å². The molecule has 0 aliphatic heterocycles. The van der Waals surface area contributed by atoms with Gasteiger partial charge in [0.05, 0.1) is 7.11 Å². The van der Waals surface area contributed by atoms with Crippen molar-refractivity contribution in [3.8, 4) is 5.75 Å². The number of nitrogens with two attached hydrogens (primary N) is 1. The summed E-state index contributed by atoms with van der Waals surface area (Å²) in [5.41, 5.74) is 9.84. The Labute approximate surface area is 105 Å². The third-order valence-corrected chi connectivity index (χ3v) is 3.37. The Kier molecular flexibility index (Phi) is 5.01. The van der Waals surface area contributed by atoms with Gasteiger partial charge in [-0.1, -0.05) is 26.0 Å². The van der Waals surface area contributed by atoms with Crippen LogP contribution in [0.1, 0.15) is 49.4 Å². The fourth-order valence-corrected chi connectivity index (χ4v) is 2.04. The first-order valence-corrected chi connectivity index (χ1v) is 6.37. The molecule has 17 heavy (non-hydrogen) atoms. The Morgan fingerprint density at radius 2 is 1.82 bits per heavy atom. The zero-order valence-electron chi connectivity index (χ0n) is 11.7. The average molecular weight is 235 g/mol. The van der Waals surface area contributed by atoms with E-state index in [2.05, 4.69) is 39.8 Å². The summed E-state index contributed by atoms with van der Waals surface area (Å²) in [6, 6.07) is 4.31. The number of aryl methyl sites for hydroxylation is 1. The summed E-state index contributed by atoms with van der Waals surface area (Å²) in [5.74, 6) is 1.65. The molecule has 2 nitrogen and oxygen atoms in total. The minimum atomic E-state index is 0.0756. The molecule has 1 atom stereocenters. The van der Waals surface area contributed by atoms with Crippen molar-refractivity contribution in [3.63, 3.8) is 0 Å². The Morgan fingerprint density at radius 1 is 1.18 bits per heavy atom. The molecule has 0 amide bonds. The average Bonchev–Trinajstić information content (AvgIpc) is 2.29. The van der Waals surface area contributed by atoms with Crippen molar-refractivity contribution in [3.05, 3.63) is 28.8 Å². The molecule has 0 heterocycles. The van der Waals surface area contributed by atoms with E-state index in [0.29, 0.717) is 5.92 Å². The second-order valence-electron chi connectivity index (χ2n) is 5.21. The number of hydrogen-bond donors (Lipinski definition) is 1. The molecule has 1 rings (SSSR count). The predicted octanol–water partition coefficient (Wildman–Crippen LogP) is 3.75. The normalized spacial score (nSPS) is 12.9. The lowest BCUT2D eigenvalue weighted by molar-refractivity contribution is 0.397. The summed E-state index contributed by atoms with van der Waals surface area (Å²) < 4.78 is 5.50. The van der Waals surface area contributed by atoms with E-state index in [1.165, 1.54) is 11.1 Å². The summed E-state index contributed by atoms with van der Waals surface area (Å²) in [5, 5.41) is 0. The van der Waals surface area contributed by atoms with Crippen LogP contribution in [-0.2, 0) is 0 Å². The molecule has 0 saturated carbocycles. The van der Waals surface area contributed by atoms with Crippen molar-refractivity contribution in [2.24, 2.45) is 11.7 Å². The fraction of sp³-hybridized carbons (Fsp3) is 0.600. The molecule has 0 aliphatic carbocycles. The first-order valence-electron chi connectivity index (χ1n) is 6.37. The van der Waals surface area contributed by atoms with Gasteiger partial charge in [0.2, 0.25) is 0 Å². The zero-order valence-corrected chi connectivity index (χ0v) is 11.7. The van der Waals surface area contributed by atoms with E-state index in [1.54, 1.807) is 7.11 Å². The van der Waals surface area contributed by atoms with E-state index in [-0.39, 0.29) is 6.04 Å². The first-order chi connectivity index (χ1) is 7.97. The molecule has 0 fully saturated rings. The molecule has 1 aromatic rings. The summed E-state index contributed by atoms with van der Waals surface area (Å²) in [4.78, 5) is 0. The lowest BCUT2D eigenvalue weighted by atomic mass is 9.94. The molecule has 0 radical (unpaired) electrons. The summed E-state index contributed by atoms with van der Waals surface area (Å²) >= 11 is 0. The third-order valence-electron chi connectivity index (χ3n) is 3.37. The SMILES string of the molecule is COc1c(C(N)CCC(C)C)ccc(C)c1C. The van der Waals surface area contributed by atoms with E-state index >= 15 is 0 Å². The van der Waals surface area contributed by atoms with Gasteiger partial charge in [-0.3, -0.25) is 0 Å². The molecule has 1 aromatic carbocycles. The van der Waals surface area contributed by atoms with Crippen LogP contribution in [0, 0.1) is 19.8 Å². The van der Waals surface area contributed by atoms with Crippen LogP contribution in [0.3, 0.4) is 0 Å². The van der Waals surface area contributed by atoms with E-state index in [9.17, 15) is 0 Å². The molecule has 0 bridgehead atoms. The van der Waals surface area contributed by atoms with Crippen LogP contribution in [0.2, 0.25) is 0 Å². The lowest BCUT2D eigenvalue weighted by Gasteiger charge is -2.19. The summed E-state index contributed by atoms with van der Waals surface area (Å²) in [6.07, 6.45) is 2.16. The maximum atomic E-state index is 6.26. The molecule has 0 spiro atoms. The smallest absolute Gasteiger partial charge is 0.126 e. The molecule has 96 valence electrons. The summed E-state index contributed by atoms with van der Waals surface area (Å²) in [7, 11) is 1.72. The van der Waals surface area contributed by atoms with Gasteiger partial charge in [-0.2, -0.15) is 0 Å². The standard InChI is InChI=1S/C15H25NO/c1-10(2)6-9-14(16)13-8-7-11(3)12(4)15(13)17-5/h7-8,10,14H,6,9,16H2,1-5H3. The van der Waals surface area contributed by atoms with Crippen molar-refractivity contribution in [1.29, 1.82) is 0 Å². The Hall–Kier alpha value is -1.02. The van der Waals surface area contributed by atoms with Crippen molar-refractivity contribution in [2.75, 3.05) is 7.11 Å². The number of rotatable bonds is 5. The van der Waals surface area contributed by atoms with Gasteiger partial charge in [-0.15, -0.1) is 0 Å². The molecule has 0 aliphatic rings. The maximum absolute atomic E-state index is 6.26. The topological polar surface area (TPSA) is 35.2 Å². The highest BCUT2D eigenvalue weighted by Crippen LogP contribution is 2.32. The van der Waals surface area contributed by atoms with Gasteiger partial charge < -0.3 is 10.5 Å². The van der Waals surface area contributed by atoms with Crippen LogP contribution in [0.4, 0.5) is 0 Å². The van der Waals surface area contributed by atoms with E-state index in [4.69, 9.17) is 10.5 Å². The van der Waals surface area contributed by atoms with Crippen LogP contribution in [-0.4, -0.2) is 7.11 Å². The number of methoxy groups -OCH3 is 1. The fourth-order valence-electron chi connectivity index (χ4n) is 2.04. The van der Waals surface area contributed by atoms with Crippen LogP contribution < -0.4 is 10.5 Å². The van der Waals surface area contributed by atoms with Crippen LogP contribution in [0.25, 0.3) is 0 Å². The number of benzene rings is 1. The quantitative estimate of drug-likeness (QED) is 0.843. The van der Waals surface area contributed by atoms with Crippen molar-refractivity contribution >= 4 is 0 Å². The molecule has 2 heteroatoms. The van der Waals surface area contributed by atoms with Crippen molar-refractivity contribution < 1.29 is 4.74 Å². The minimum absolute atomic E-state index is 0.0756. The molecule has 1 unspecified atom stereocenters. The van der Waals surface area contributed by atoms with E-state index < -0.39 is 0 Å². The van der Waals surface area contributed by atoms with Gasteiger partial charge in [-0.25, -0.2) is 0 Å². The molecule has 0 aromatic heterocycles. The van der Waals surface area contributed by atoms with Gasteiger partial charge in [0.25, 0.3) is 0 Å². The monoisotopic (exact) mass is 235 g/mol. The van der Waals surface area contributed by atoms with Gasteiger partial charge in [0, 0.05) is 11.6 Å². The van der Waals surface area contributed by atoms with E-state index in [1.807, 2.05) is 0 Å². The molecular formula is C15H25NO. The van der Waals surface area contributed by atoms with Gasteiger partial charge in [0.1, 0.15) is 5.75 Å². The maximum Gasteiger partial charge on any atom is 0.126 e. The van der Waals surface area contributed by atoms with Crippen LogP contribution in [0.15, 0.2) is 12.1 Å². The Balaban J connectivity index is 2.93. The Bertz CT molecular complexity index is 371. The van der Waals surface area contributed by atoms with Crippen LogP contribution >= 0.6 is 0 Å². The predicted molar refractivity (Wildman–Crippen MR) is 73.5 cm³/mol. The van der Waals surface area contributed by atoms with Crippen molar-refractivity contribution in [2.45, 2.75) is 46.6 Å². The second kappa shape index (κ2) is 6.06. The van der Waals surface area contributed by atoms with Gasteiger partial charge in [0.15, 0.2) is 0 Å². The van der Waals surface area contributed by atoms with Crippen LogP contribution in [0.5, 0.6) is 5.75 Å². The third kappa shape index (κ3) is 3.47. The molecule has 2 N–H and O–H groups in total. The molecule has 0 saturated heterocycles. The van der Waals surface area contributed by atoms with Gasteiger partial charge >= 0.3 is 0 Å². The van der Waals surface area contributed by atoms with E-state index in [0.717, 1.165) is 24.2 Å². The summed E-state index contributed by atoms with van der Waals surface area (Å²) in [6.45, 7) is 8.64. The largest absolute Gasteiger partial charge is 0.496 e. The lowest BCUT2D eigenvalue weighted by Crippen LogP contribution is -2.13. The van der Waals surface area contributed by atoms with Gasteiger partial charge in [-0.05, 0) is 43.7 Å². The highest BCUT2D eigenvalue weighted by atomic mass is 16.5. The Morgan fingerprint density at radius 3 is 2.35 bits per heavy atom. The minimum Gasteiger partial charge on any atom is -0.496 e. The first kappa shape index (κ1) is 14.0.